The van der Waals surface area contributed by atoms with E-state index in [1.165, 1.54) is 180 Å². The smallest absolute Gasteiger partial charge is 0.220 e. The van der Waals surface area contributed by atoms with E-state index in [-0.39, 0.29) is 12.5 Å². The maximum Gasteiger partial charge on any atom is 0.220 e. The van der Waals surface area contributed by atoms with Crippen molar-refractivity contribution < 1.29 is 15.0 Å². The maximum absolute atomic E-state index is 12.5. The molecule has 0 aliphatic heterocycles. The van der Waals surface area contributed by atoms with Crippen LogP contribution in [0.5, 0.6) is 0 Å². The molecule has 0 aliphatic carbocycles. The average molecular weight is 1020 g/mol. The monoisotopic (exact) mass is 1020 g/mol. The molecule has 0 heterocycles. The predicted octanol–water partition coefficient (Wildman–Crippen LogP) is 21.6. The lowest BCUT2D eigenvalue weighted by Crippen LogP contribution is -2.45. The Labute approximate surface area is 460 Å². The van der Waals surface area contributed by atoms with Gasteiger partial charge in [0.05, 0.1) is 18.8 Å². The van der Waals surface area contributed by atoms with Gasteiger partial charge < -0.3 is 15.5 Å². The van der Waals surface area contributed by atoms with Gasteiger partial charge in [-0.15, -0.1) is 0 Å². The van der Waals surface area contributed by atoms with Crippen LogP contribution in [0.25, 0.3) is 0 Å². The Morgan fingerprint density at radius 3 is 0.946 bits per heavy atom. The summed E-state index contributed by atoms with van der Waals surface area (Å²) in [5, 5.41) is 23.2. The van der Waals surface area contributed by atoms with Crippen molar-refractivity contribution in [3.05, 3.63) is 122 Å². The lowest BCUT2D eigenvalue weighted by Gasteiger charge is -2.19. The van der Waals surface area contributed by atoms with Crippen molar-refractivity contribution in [2.24, 2.45) is 0 Å². The molecule has 1 amide bonds. The van der Waals surface area contributed by atoms with Crippen molar-refractivity contribution in [2.75, 3.05) is 6.61 Å². The SMILES string of the molecule is CC/C=C\C/C=C\C/C=C\C/C=C\C/C=C\C/C=C\C/C=C\C/C=C\CCCCCCCCC(=O)NC(CO)C(O)/C=C/CC/C=C/CCCCCCCCCCCCCCCCCCCCCCCCCCC. The van der Waals surface area contributed by atoms with Crippen LogP contribution in [0.15, 0.2) is 122 Å². The summed E-state index contributed by atoms with van der Waals surface area (Å²) in [7, 11) is 0. The normalized spacial score (nSPS) is 13.6. The summed E-state index contributed by atoms with van der Waals surface area (Å²) in [5.74, 6) is -0.0909. The number of rotatable bonds is 57. The van der Waals surface area contributed by atoms with Crippen molar-refractivity contribution in [2.45, 2.75) is 309 Å². The number of nitrogens with one attached hydrogen (secondary N) is 1. The first-order valence-electron chi connectivity index (χ1n) is 31.7. The second kappa shape index (κ2) is 64.1. The van der Waals surface area contributed by atoms with E-state index in [4.69, 9.17) is 0 Å². The molecule has 0 spiro atoms. The van der Waals surface area contributed by atoms with E-state index in [0.29, 0.717) is 6.42 Å². The maximum atomic E-state index is 12.5. The summed E-state index contributed by atoms with van der Waals surface area (Å²) in [4.78, 5) is 12.5. The van der Waals surface area contributed by atoms with Gasteiger partial charge >= 0.3 is 0 Å². The molecule has 0 aliphatic rings. The van der Waals surface area contributed by atoms with E-state index < -0.39 is 12.1 Å². The van der Waals surface area contributed by atoms with E-state index in [1.807, 2.05) is 6.08 Å². The summed E-state index contributed by atoms with van der Waals surface area (Å²) < 4.78 is 0. The van der Waals surface area contributed by atoms with Crippen LogP contribution >= 0.6 is 0 Å². The quantitative estimate of drug-likeness (QED) is 0.0420. The molecule has 0 fully saturated rings. The fraction of sp³-hybridized carbons (Fsp3) is 0.700. The first-order valence-corrected chi connectivity index (χ1v) is 31.7. The molecular weight excluding hydrogens is 903 g/mol. The van der Waals surface area contributed by atoms with Crippen LogP contribution in [0.1, 0.15) is 296 Å². The molecule has 0 aromatic heterocycles. The van der Waals surface area contributed by atoms with Gasteiger partial charge in [-0.3, -0.25) is 4.79 Å². The Morgan fingerprint density at radius 2 is 0.608 bits per heavy atom. The summed E-state index contributed by atoms with van der Waals surface area (Å²) in [6, 6.07) is -0.658. The first kappa shape index (κ1) is 70.8. The Morgan fingerprint density at radius 1 is 0.338 bits per heavy atom. The fourth-order valence-electron chi connectivity index (χ4n) is 9.15. The largest absolute Gasteiger partial charge is 0.394 e. The molecule has 2 atom stereocenters. The van der Waals surface area contributed by atoms with E-state index in [2.05, 4.69) is 129 Å². The number of carbonyl (C=O) groups excluding carboxylic acids is 1. The second-order valence-electron chi connectivity index (χ2n) is 21.1. The minimum absolute atomic E-state index is 0.0909. The topological polar surface area (TPSA) is 69.6 Å². The molecule has 0 radical (unpaired) electrons. The summed E-state index contributed by atoms with van der Waals surface area (Å²) in [6.07, 6.45) is 98.2. The van der Waals surface area contributed by atoms with Crippen LogP contribution in [0.2, 0.25) is 0 Å². The minimum atomic E-state index is -0.880. The van der Waals surface area contributed by atoms with Gasteiger partial charge in [0.15, 0.2) is 0 Å². The van der Waals surface area contributed by atoms with Gasteiger partial charge in [-0.25, -0.2) is 0 Å². The van der Waals surface area contributed by atoms with Crippen molar-refractivity contribution in [3.63, 3.8) is 0 Å². The molecule has 0 saturated carbocycles. The third-order valence-electron chi connectivity index (χ3n) is 13.9. The van der Waals surface area contributed by atoms with E-state index in [9.17, 15) is 15.0 Å². The standard InChI is InChI=1S/C70H121NO3/c1-3-5-7-9-11-13-15-17-19-21-23-25-27-29-31-33-35-37-39-41-43-45-47-49-51-53-55-57-59-61-63-65-69(73)68(67-72)71-70(74)66-64-62-60-58-56-54-52-50-48-46-44-42-40-38-36-34-32-30-28-26-24-22-20-18-16-14-12-10-8-6-4-2/h6,8,12,14,18,20,24,26,30,32,36,38,42,44,48,50,55,57,63,65,68-69,72-73H,3-5,7,9-11,13,15-17,19,21-23,25,27-29,31,33-35,37,39-41,43,45-47,49,51-54,56,58-62,64,66-67H2,1-2H3,(H,71,74)/b8-6-,14-12-,20-18-,26-24-,32-30-,38-36-,44-42-,50-48-,57-55+,65-63+. The summed E-state index contributed by atoms with van der Waals surface area (Å²) in [5.41, 5.74) is 0. The zero-order valence-electron chi connectivity index (χ0n) is 48.8. The number of hydrogen-bond donors (Lipinski definition) is 3. The summed E-state index contributed by atoms with van der Waals surface area (Å²) >= 11 is 0. The number of aliphatic hydroxyl groups is 2. The third kappa shape index (κ3) is 59.7. The molecular formula is C70H121NO3. The van der Waals surface area contributed by atoms with Gasteiger partial charge in [-0.2, -0.15) is 0 Å². The molecule has 0 bridgehead atoms. The molecule has 4 heteroatoms. The van der Waals surface area contributed by atoms with Crippen LogP contribution < -0.4 is 5.32 Å². The lowest BCUT2D eigenvalue weighted by atomic mass is 10.0. The third-order valence-corrected chi connectivity index (χ3v) is 13.9. The van der Waals surface area contributed by atoms with Crippen molar-refractivity contribution in [1.82, 2.24) is 5.32 Å². The van der Waals surface area contributed by atoms with Gasteiger partial charge in [0, 0.05) is 6.42 Å². The molecule has 0 aromatic carbocycles. The molecule has 4 nitrogen and oxygen atoms in total. The molecule has 0 rings (SSSR count). The molecule has 74 heavy (non-hydrogen) atoms. The van der Waals surface area contributed by atoms with Crippen molar-refractivity contribution in [3.8, 4) is 0 Å². The number of carbonyl (C=O) groups is 1. The number of unbranched alkanes of at least 4 members (excludes halogenated alkanes) is 32. The fourth-order valence-corrected chi connectivity index (χ4v) is 9.15. The number of amides is 1. The van der Waals surface area contributed by atoms with Crippen LogP contribution in [0, 0.1) is 0 Å². The zero-order chi connectivity index (χ0) is 53.4. The predicted molar refractivity (Wildman–Crippen MR) is 331 cm³/mol. The van der Waals surface area contributed by atoms with Crippen LogP contribution in [0.3, 0.4) is 0 Å². The summed E-state index contributed by atoms with van der Waals surface area (Å²) in [6.45, 7) is 4.19. The Kier molecular flexibility index (Phi) is 61.3. The van der Waals surface area contributed by atoms with Crippen LogP contribution in [-0.4, -0.2) is 34.9 Å². The van der Waals surface area contributed by atoms with Gasteiger partial charge in [0.25, 0.3) is 0 Å². The Balaban J connectivity index is 3.60. The molecule has 3 N–H and O–H groups in total. The molecule has 2 unspecified atom stereocenters. The number of hydrogen-bond acceptors (Lipinski definition) is 3. The molecule has 424 valence electrons. The highest BCUT2D eigenvalue weighted by atomic mass is 16.3. The zero-order valence-corrected chi connectivity index (χ0v) is 48.8. The lowest BCUT2D eigenvalue weighted by molar-refractivity contribution is -0.123. The first-order chi connectivity index (χ1) is 36.7. The number of aliphatic hydroxyl groups excluding tert-OH is 2. The number of allylic oxidation sites excluding steroid dienone is 19. The Bertz CT molecular complexity index is 1440. The molecule has 0 saturated heterocycles. The highest BCUT2D eigenvalue weighted by molar-refractivity contribution is 5.76. The van der Waals surface area contributed by atoms with Gasteiger partial charge in [-0.1, -0.05) is 315 Å². The van der Waals surface area contributed by atoms with E-state index in [1.54, 1.807) is 6.08 Å². The highest BCUT2D eigenvalue weighted by Crippen LogP contribution is 2.17. The van der Waals surface area contributed by atoms with Gasteiger partial charge in [0.1, 0.15) is 0 Å². The average Bonchev–Trinajstić information content (AvgIpc) is 3.40. The molecule has 0 aromatic rings. The highest BCUT2D eigenvalue weighted by Gasteiger charge is 2.18. The van der Waals surface area contributed by atoms with Crippen molar-refractivity contribution >= 4 is 5.91 Å². The van der Waals surface area contributed by atoms with Crippen LogP contribution in [0.4, 0.5) is 0 Å². The second-order valence-corrected chi connectivity index (χ2v) is 21.1. The van der Waals surface area contributed by atoms with Crippen LogP contribution in [-0.2, 0) is 4.79 Å². The minimum Gasteiger partial charge on any atom is -0.394 e. The Hall–Kier alpha value is -3.21. The van der Waals surface area contributed by atoms with E-state index >= 15 is 0 Å². The van der Waals surface area contributed by atoms with Gasteiger partial charge in [-0.05, 0) is 96.3 Å². The van der Waals surface area contributed by atoms with Crippen molar-refractivity contribution in [1.29, 1.82) is 0 Å². The van der Waals surface area contributed by atoms with E-state index in [0.717, 1.165) is 96.3 Å². The van der Waals surface area contributed by atoms with Gasteiger partial charge in [0.2, 0.25) is 5.91 Å².